The predicted molar refractivity (Wildman–Crippen MR) is 83.1 cm³/mol. The van der Waals surface area contributed by atoms with E-state index in [1.807, 2.05) is 0 Å². The molecule has 1 aliphatic heterocycles. The van der Waals surface area contributed by atoms with Gasteiger partial charge in [0.2, 0.25) is 0 Å². The smallest absolute Gasteiger partial charge is 0.0641 e. The summed E-state index contributed by atoms with van der Waals surface area (Å²) in [4.78, 5) is 0. The van der Waals surface area contributed by atoms with E-state index in [9.17, 15) is 0 Å². The summed E-state index contributed by atoms with van der Waals surface area (Å²) >= 11 is 0. The van der Waals surface area contributed by atoms with E-state index in [-0.39, 0.29) is 5.60 Å². The van der Waals surface area contributed by atoms with Crippen LogP contribution in [-0.4, -0.2) is 24.3 Å². The molecule has 0 spiro atoms. The van der Waals surface area contributed by atoms with Gasteiger partial charge < -0.3 is 10.1 Å². The van der Waals surface area contributed by atoms with Crippen molar-refractivity contribution in [1.82, 2.24) is 5.32 Å². The van der Waals surface area contributed by atoms with Crippen LogP contribution in [0.1, 0.15) is 56.6 Å². The second kappa shape index (κ2) is 5.50. The molecule has 2 aliphatic rings. The van der Waals surface area contributed by atoms with Gasteiger partial charge in [0.1, 0.15) is 0 Å². The summed E-state index contributed by atoms with van der Waals surface area (Å²) in [5.74, 6) is 0.765. The van der Waals surface area contributed by atoms with Crippen LogP contribution in [0, 0.1) is 6.92 Å². The lowest BCUT2D eigenvalue weighted by atomic mass is 9.74. The minimum Gasteiger partial charge on any atom is -0.375 e. The lowest BCUT2D eigenvalue weighted by Gasteiger charge is -2.43. The summed E-state index contributed by atoms with van der Waals surface area (Å²) in [5.41, 5.74) is 3.05. The Morgan fingerprint density at radius 3 is 2.60 bits per heavy atom. The molecular formula is C18H27NO. The fraction of sp³-hybridized carbons (Fsp3) is 0.667. The molecule has 1 aromatic carbocycles. The van der Waals surface area contributed by atoms with Gasteiger partial charge in [0, 0.05) is 18.7 Å². The summed E-state index contributed by atoms with van der Waals surface area (Å²) in [6.07, 6.45) is 4.89. The Labute approximate surface area is 122 Å². The Morgan fingerprint density at radius 1 is 1.15 bits per heavy atom. The molecule has 2 fully saturated rings. The monoisotopic (exact) mass is 273 g/mol. The van der Waals surface area contributed by atoms with Gasteiger partial charge in [-0.05, 0) is 63.5 Å². The van der Waals surface area contributed by atoms with Crippen molar-refractivity contribution in [3.05, 3.63) is 35.4 Å². The third-order valence-electron chi connectivity index (χ3n) is 4.93. The van der Waals surface area contributed by atoms with E-state index in [1.165, 1.54) is 18.4 Å². The third-order valence-corrected chi connectivity index (χ3v) is 4.93. The number of hydrogen-bond donors (Lipinski definition) is 1. The molecule has 1 aliphatic carbocycles. The van der Waals surface area contributed by atoms with Gasteiger partial charge in [0.05, 0.1) is 5.60 Å². The zero-order valence-electron chi connectivity index (χ0n) is 13.0. The molecule has 1 saturated carbocycles. The second-order valence-electron chi connectivity index (χ2n) is 7.19. The fourth-order valence-electron chi connectivity index (χ4n) is 3.76. The van der Waals surface area contributed by atoms with Crippen LogP contribution in [0.15, 0.2) is 24.3 Å². The molecule has 110 valence electrons. The largest absolute Gasteiger partial charge is 0.375 e. The van der Waals surface area contributed by atoms with Gasteiger partial charge in [0.15, 0.2) is 0 Å². The van der Waals surface area contributed by atoms with Crippen LogP contribution in [0.5, 0.6) is 0 Å². The zero-order valence-corrected chi connectivity index (χ0v) is 13.0. The molecule has 1 unspecified atom stereocenters. The molecule has 0 amide bonds. The van der Waals surface area contributed by atoms with Crippen molar-refractivity contribution in [2.75, 3.05) is 6.61 Å². The minimum atomic E-state index is 0.0507. The minimum absolute atomic E-state index is 0.0507. The zero-order chi connectivity index (χ0) is 14.2. The van der Waals surface area contributed by atoms with E-state index < -0.39 is 0 Å². The van der Waals surface area contributed by atoms with Crippen LogP contribution in [0.3, 0.4) is 0 Å². The van der Waals surface area contributed by atoms with E-state index in [4.69, 9.17) is 4.74 Å². The first-order valence-electron chi connectivity index (χ1n) is 7.99. The van der Waals surface area contributed by atoms with Crippen molar-refractivity contribution in [2.45, 2.75) is 70.1 Å². The van der Waals surface area contributed by atoms with E-state index >= 15 is 0 Å². The summed E-state index contributed by atoms with van der Waals surface area (Å²) in [6, 6.07) is 10.2. The van der Waals surface area contributed by atoms with Crippen LogP contribution in [-0.2, 0) is 4.74 Å². The molecule has 20 heavy (non-hydrogen) atoms. The summed E-state index contributed by atoms with van der Waals surface area (Å²) < 4.78 is 5.79. The third kappa shape index (κ3) is 3.07. The SMILES string of the molecule is Cc1ccccc1C1CC(NC2CCOC(C)(C)C2)C1. The van der Waals surface area contributed by atoms with Crippen LogP contribution < -0.4 is 5.32 Å². The fourth-order valence-corrected chi connectivity index (χ4v) is 3.76. The van der Waals surface area contributed by atoms with Gasteiger partial charge in [-0.2, -0.15) is 0 Å². The molecule has 2 heteroatoms. The van der Waals surface area contributed by atoms with Gasteiger partial charge in [-0.3, -0.25) is 0 Å². The highest BCUT2D eigenvalue weighted by molar-refractivity contribution is 5.31. The summed E-state index contributed by atoms with van der Waals surface area (Å²) in [6.45, 7) is 7.55. The first kappa shape index (κ1) is 14.1. The van der Waals surface area contributed by atoms with E-state index in [2.05, 4.69) is 50.4 Å². The molecule has 1 saturated heterocycles. The van der Waals surface area contributed by atoms with Gasteiger partial charge in [-0.1, -0.05) is 24.3 Å². The molecule has 1 atom stereocenters. The average molecular weight is 273 g/mol. The standard InChI is InChI=1S/C18H27NO/c1-13-6-4-5-7-17(13)14-10-16(11-14)19-15-8-9-20-18(2,3)12-15/h4-7,14-16,19H,8-12H2,1-3H3. The summed E-state index contributed by atoms with van der Waals surface area (Å²) in [7, 11) is 0. The van der Waals surface area contributed by atoms with E-state index in [0.717, 1.165) is 25.4 Å². The first-order valence-corrected chi connectivity index (χ1v) is 7.99. The lowest BCUT2D eigenvalue weighted by molar-refractivity contribution is -0.0655. The molecule has 0 radical (unpaired) electrons. The predicted octanol–water partition coefficient (Wildman–Crippen LogP) is 3.79. The molecule has 1 aromatic rings. The van der Waals surface area contributed by atoms with Crippen molar-refractivity contribution in [3.8, 4) is 0 Å². The number of nitrogens with one attached hydrogen (secondary N) is 1. The first-order chi connectivity index (χ1) is 9.53. The molecular weight excluding hydrogens is 246 g/mol. The highest BCUT2D eigenvalue weighted by atomic mass is 16.5. The number of aryl methyl sites for hydroxylation is 1. The number of rotatable bonds is 3. The van der Waals surface area contributed by atoms with Crippen LogP contribution >= 0.6 is 0 Å². The van der Waals surface area contributed by atoms with Crippen molar-refractivity contribution >= 4 is 0 Å². The average Bonchev–Trinajstić information content (AvgIpc) is 2.33. The molecule has 1 heterocycles. The number of benzene rings is 1. The quantitative estimate of drug-likeness (QED) is 0.904. The molecule has 0 bridgehead atoms. The molecule has 1 N–H and O–H groups in total. The van der Waals surface area contributed by atoms with Gasteiger partial charge in [-0.25, -0.2) is 0 Å². The van der Waals surface area contributed by atoms with Crippen molar-refractivity contribution in [3.63, 3.8) is 0 Å². The molecule has 3 rings (SSSR count). The number of hydrogen-bond acceptors (Lipinski definition) is 2. The highest BCUT2D eigenvalue weighted by Crippen LogP contribution is 2.39. The Kier molecular flexibility index (Phi) is 3.87. The van der Waals surface area contributed by atoms with E-state index in [1.54, 1.807) is 5.56 Å². The topological polar surface area (TPSA) is 21.3 Å². The van der Waals surface area contributed by atoms with Crippen LogP contribution in [0.25, 0.3) is 0 Å². The van der Waals surface area contributed by atoms with Crippen molar-refractivity contribution in [2.24, 2.45) is 0 Å². The van der Waals surface area contributed by atoms with Gasteiger partial charge >= 0.3 is 0 Å². The Bertz CT molecular complexity index is 462. The Morgan fingerprint density at radius 2 is 1.90 bits per heavy atom. The van der Waals surface area contributed by atoms with Crippen molar-refractivity contribution < 1.29 is 4.74 Å². The van der Waals surface area contributed by atoms with Crippen LogP contribution in [0.2, 0.25) is 0 Å². The molecule has 2 nitrogen and oxygen atoms in total. The maximum absolute atomic E-state index is 5.79. The van der Waals surface area contributed by atoms with Crippen molar-refractivity contribution in [1.29, 1.82) is 0 Å². The lowest BCUT2D eigenvalue weighted by Crippen LogP contribution is -2.50. The maximum atomic E-state index is 5.79. The van der Waals surface area contributed by atoms with Crippen LogP contribution in [0.4, 0.5) is 0 Å². The summed E-state index contributed by atoms with van der Waals surface area (Å²) in [5, 5.41) is 3.85. The van der Waals surface area contributed by atoms with E-state index in [0.29, 0.717) is 12.1 Å². The Hall–Kier alpha value is -0.860. The number of ether oxygens (including phenoxy) is 1. The Balaban J connectivity index is 1.50. The van der Waals surface area contributed by atoms with Gasteiger partial charge in [0.25, 0.3) is 0 Å². The normalized spacial score (nSPS) is 32.6. The highest BCUT2D eigenvalue weighted by Gasteiger charge is 2.35. The molecule has 0 aromatic heterocycles. The maximum Gasteiger partial charge on any atom is 0.0641 e. The van der Waals surface area contributed by atoms with Gasteiger partial charge in [-0.15, -0.1) is 0 Å². The second-order valence-corrected chi connectivity index (χ2v) is 7.19.